The Morgan fingerprint density at radius 2 is 1.96 bits per heavy atom. The van der Waals surface area contributed by atoms with Gasteiger partial charge in [-0.1, -0.05) is 25.1 Å². The van der Waals surface area contributed by atoms with Gasteiger partial charge in [0.1, 0.15) is 5.82 Å². The topological polar surface area (TPSA) is 66.5 Å². The molecule has 1 N–H and O–H groups in total. The van der Waals surface area contributed by atoms with Crippen LogP contribution >= 0.6 is 0 Å². The lowest BCUT2D eigenvalue weighted by atomic mass is 10.0. The van der Waals surface area contributed by atoms with Gasteiger partial charge in [0.15, 0.2) is 0 Å². The molecule has 1 aliphatic heterocycles. The van der Waals surface area contributed by atoms with Gasteiger partial charge < -0.3 is 5.32 Å². The number of rotatable bonds is 5. The predicted octanol–water partition coefficient (Wildman–Crippen LogP) is 3.18. The van der Waals surface area contributed by atoms with Crippen LogP contribution in [0.3, 0.4) is 0 Å². The number of nitrogens with zero attached hydrogens (tertiary/aromatic N) is 1. The van der Waals surface area contributed by atoms with Crippen molar-refractivity contribution in [1.29, 1.82) is 0 Å². The molecule has 0 bridgehead atoms. The molecule has 7 heteroatoms. The molecule has 1 saturated heterocycles. The van der Waals surface area contributed by atoms with Gasteiger partial charge in [0.05, 0.1) is 4.90 Å². The molecule has 3 rings (SSSR count). The highest BCUT2D eigenvalue weighted by Crippen LogP contribution is 2.24. The number of benzene rings is 2. The molecule has 144 valence electrons. The Labute approximate surface area is 159 Å². The van der Waals surface area contributed by atoms with E-state index in [9.17, 15) is 17.6 Å². The summed E-state index contributed by atoms with van der Waals surface area (Å²) in [5.74, 6) is -0.380. The minimum absolute atomic E-state index is 0.131. The molecule has 1 aliphatic rings. The second-order valence-electron chi connectivity index (χ2n) is 6.95. The van der Waals surface area contributed by atoms with Crippen molar-refractivity contribution in [3.63, 3.8) is 0 Å². The van der Waals surface area contributed by atoms with E-state index in [4.69, 9.17) is 0 Å². The van der Waals surface area contributed by atoms with E-state index in [1.165, 1.54) is 28.6 Å². The zero-order chi connectivity index (χ0) is 19.4. The second kappa shape index (κ2) is 8.19. The maximum Gasteiger partial charge on any atom is 0.251 e. The van der Waals surface area contributed by atoms with Gasteiger partial charge in [0, 0.05) is 25.2 Å². The summed E-state index contributed by atoms with van der Waals surface area (Å²) in [7, 11) is -3.61. The SMILES string of the molecule is CC1CCCN(S(=O)(=O)c2cccc(C(=O)NCc3ccc(F)cc3)c2)C1. The number of hydrogen-bond acceptors (Lipinski definition) is 3. The first-order valence-electron chi connectivity index (χ1n) is 8.99. The minimum atomic E-state index is -3.61. The number of sulfonamides is 1. The monoisotopic (exact) mass is 390 g/mol. The van der Waals surface area contributed by atoms with Crippen LogP contribution < -0.4 is 5.32 Å². The molecule has 1 fully saturated rings. The van der Waals surface area contributed by atoms with Crippen molar-refractivity contribution >= 4 is 15.9 Å². The molecule has 27 heavy (non-hydrogen) atoms. The van der Waals surface area contributed by atoms with Crippen LogP contribution in [0.1, 0.15) is 35.7 Å². The maximum absolute atomic E-state index is 12.9. The Balaban J connectivity index is 1.72. The lowest BCUT2D eigenvalue weighted by molar-refractivity contribution is 0.0950. The average molecular weight is 390 g/mol. The maximum atomic E-state index is 12.9. The van der Waals surface area contributed by atoms with Gasteiger partial charge in [0.25, 0.3) is 5.91 Å². The van der Waals surface area contributed by atoms with Crippen LogP contribution in [0.5, 0.6) is 0 Å². The third-order valence-electron chi connectivity index (χ3n) is 4.72. The fraction of sp³-hybridized carbons (Fsp3) is 0.350. The van der Waals surface area contributed by atoms with Crippen molar-refractivity contribution in [1.82, 2.24) is 9.62 Å². The van der Waals surface area contributed by atoms with Crippen LogP contribution in [0.15, 0.2) is 53.4 Å². The molecule has 1 atom stereocenters. The van der Waals surface area contributed by atoms with Crippen molar-refractivity contribution < 1.29 is 17.6 Å². The standard InChI is InChI=1S/C20H23FN2O3S/c1-15-4-3-11-23(14-15)27(25,26)19-6-2-5-17(12-19)20(24)22-13-16-7-9-18(21)10-8-16/h2,5-10,12,15H,3-4,11,13-14H2,1H3,(H,22,24). The van der Waals surface area contributed by atoms with Crippen LogP contribution in [-0.2, 0) is 16.6 Å². The van der Waals surface area contributed by atoms with Crippen LogP contribution in [0.2, 0.25) is 0 Å². The smallest absolute Gasteiger partial charge is 0.251 e. The molecular weight excluding hydrogens is 367 g/mol. The Hall–Kier alpha value is -2.25. The Morgan fingerprint density at radius 1 is 1.22 bits per heavy atom. The summed E-state index contributed by atoms with van der Waals surface area (Å²) in [6.45, 7) is 3.29. The molecule has 2 aromatic carbocycles. The van der Waals surface area contributed by atoms with E-state index in [1.807, 2.05) is 6.92 Å². The van der Waals surface area contributed by atoms with Gasteiger partial charge in [-0.2, -0.15) is 4.31 Å². The van der Waals surface area contributed by atoms with Crippen LogP contribution in [0.25, 0.3) is 0 Å². The van der Waals surface area contributed by atoms with E-state index in [0.717, 1.165) is 18.4 Å². The van der Waals surface area contributed by atoms with Gasteiger partial charge in [-0.05, 0) is 54.7 Å². The molecule has 5 nitrogen and oxygen atoms in total. The molecule has 0 spiro atoms. The molecule has 1 amide bonds. The zero-order valence-corrected chi connectivity index (χ0v) is 16.0. The van der Waals surface area contributed by atoms with Gasteiger partial charge >= 0.3 is 0 Å². The Bertz CT molecular complexity index is 913. The summed E-state index contributed by atoms with van der Waals surface area (Å²) in [5.41, 5.74) is 1.04. The lowest BCUT2D eigenvalue weighted by Gasteiger charge is -2.30. The number of nitrogens with one attached hydrogen (secondary N) is 1. The average Bonchev–Trinajstić information content (AvgIpc) is 2.67. The molecule has 1 unspecified atom stereocenters. The number of hydrogen-bond donors (Lipinski definition) is 1. The van der Waals surface area contributed by atoms with E-state index in [0.29, 0.717) is 19.0 Å². The lowest BCUT2D eigenvalue weighted by Crippen LogP contribution is -2.39. The zero-order valence-electron chi connectivity index (χ0n) is 15.2. The van der Waals surface area contributed by atoms with E-state index >= 15 is 0 Å². The van der Waals surface area contributed by atoms with Crippen molar-refractivity contribution in [2.45, 2.75) is 31.2 Å². The fourth-order valence-corrected chi connectivity index (χ4v) is 4.84. The number of carbonyl (C=O) groups is 1. The molecule has 0 aromatic heterocycles. The fourth-order valence-electron chi connectivity index (χ4n) is 3.20. The largest absolute Gasteiger partial charge is 0.348 e. The van der Waals surface area contributed by atoms with E-state index in [1.54, 1.807) is 24.3 Å². The first-order chi connectivity index (χ1) is 12.9. The van der Waals surface area contributed by atoms with Crippen molar-refractivity contribution in [2.75, 3.05) is 13.1 Å². The van der Waals surface area contributed by atoms with Gasteiger partial charge in [-0.15, -0.1) is 0 Å². The molecular formula is C20H23FN2O3S. The molecule has 1 heterocycles. The van der Waals surface area contributed by atoms with Gasteiger partial charge in [-0.25, -0.2) is 12.8 Å². The summed E-state index contributed by atoms with van der Waals surface area (Å²) in [6, 6.07) is 11.9. The number of piperidine rings is 1. The van der Waals surface area contributed by atoms with Crippen LogP contribution in [0, 0.1) is 11.7 Å². The third kappa shape index (κ3) is 4.73. The normalized spacial score (nSPS) is 18.2. The molecule has 0 aliphatic carbocycles. The predicted molar refractivity (Wildman–Crippen MR) is 101 cm³/mol. The van der Waals surface area contributed by atoms with Crippen molar-refractivity contribution in [3.05, 3.63) is 65.5 Å². The Morgan fingerprint density at radius 3 is 2.67 bits per heavy atom. The summed E-state index contributed by atoms with van der Waals surface area (Å²) >= 11 is 0. The molecule has 2 aromatic rings. The van der Waals surface area contributed by atoms with E-state index in [2.05, 4.69) is 5.32 Å². The highest BCUT2D eigenvalue weighted by atomic mass is 32.2. The number of amides is 1. The van der Waals surface area contributed by atoms with Gasteiger partial charge in [0.2, 0.25) is 10.0 Å². The summed E-state index contributed by atoms with van der Waals surface area (Å²) in [4.78, 5) is 12.5. The number of carbonyl (C=O) groups excluding carboxylic acids is 1. The second-order valence-corrected chi connectivity index (χ2v) is 8.89. The molecule has 0 saturated carbocycles. The van der Waals surface area contributed by atoms with E-state index < -0.39 is 10.0 Å². The van der Waals surface area contributed by atoms with Crippen LogP contribution in [-0.4, -0.2) is 31.7 Å². The highest BCUT2D eigenvalue weighted by Gasteiger charge is 2.29. The highest BCUT2D eigenvalue weighted by molar-refractivity contribution is 7.89. The first-order valence-corrected chi connectivity index (χ1v) is 10.4. The van der Waals surface area contributed by atoms with Crippen molar-refractivity contribution in [3.8, 4) is 0 Å². The quantitative estimate of drug-likeness (QED) is 0.853. The van der Waals surface area contributed by atoms with E-state index in [-0.39, 0.29) is 28.7 Å². The van der Waals surface area contributed by atoms with Crippen molar-refractivity contribution in [2.24, 2.45) is 5.92 Å². The summed E-state index contributed by atoms with van der Waals surface area (Å²) in [6.07, 6.45) is 1.87. The summed E-state index contributed by atoms with van der Waals surface area (Å²) < 4.78 is 40.2. The first kappa shape index (κ1) is 19.5. The van der Waals surface area contributed by atoms with Gasteiger partial charge in [-0.3, -0.25) is 4.79 Å². The Kier molecular flexibility index (Phi) is 5.92. The summed E-state index contributed by atoms with van der Waals surface area (Å²) in [5, 5.41) is 2.73. The molecule has 0 radical (unpaired) electrons. The third-order valence-corrected chi connectivity index (χ3v) is 6.58. The van der Waals surface area contributed by atoms with Crippen LogP contribution in [0.4, 0.5) is 4.39 Å². The number of halogens is 1. The minimum Gasteiger partial charge on any atom is -0.348 e.